The quantitative estimate of drug-likeness (QED) is 0.778. The largest absolute Gasteiger partial charge is 0.357 e. The van der Waals surface area contributed by atoms with Gasteiger partial charge in [0.25, 0.3) is 0 Å². The van der Waals surface area contributed by atoms with Crippen molar-refractivity contribution in [3.63, 3.8) is 0 Å². The fourth-order valence-electron chi connectivity index (χ4n) is 3.86. The summed E-state index contributed by atoms with van der Waals surface area (Å²) in [5.74, 6) is 2.35. The average Bonchev–Trinajstić information content (AvgIpc) is 3.54. The molecular formula is C20H27FN6. The molecule has 144 valence electrons. The third-order valence-electron chi connectivity index (χ3n) is 5.68. The predicted octanol–water partition coefficient (Wildman–Crippen LogP) is 3.20. The van der Waals surface area contributed by atoms with Gasteiger partial charge in [0.05, 0.1) is 5.69 Å². The summed E-state index contributed by atoms with van der Waals surface area (Å²) < 4.78 is 14.5. The van der Waals surface area contributed by atoms with E-state index in [4.69, 9.17) is 0 Å². The second kappa shape index (κ2) is 7.74. The Labute approximate surface area is 159 Å². The van der Waals surface area contributed by atoms with E-state index in [-0.39, 0.29) is 5.82 Å². The van der Waals surface area contributed by atoms with Crippen LogP contribution in [0.3, 0.4) is 0 Å². The maximum Gasteiger partial charge on any atom is 0.187 e. The van der Waals surface area contributed by atoms with E-state index < -0.39 is 0 Å². The maximum absolute atomic E-state index is 14.5. The first-order valence-corrected chi connectivity index (χ1v) is 9.93. The van der Waals surface area contributed by atoms with E-state index in [1.807, 2.05) is 18.9 Å². The van der Waals surface area contributed by atoms with E-state index in [2.05, 4.69) is 30.9 Å². The molecule has 0 atom stereocenters. The van der Waals surface area contributed by atoms with Gasteiger partial charge in [-0.05, 0) is 38.0 Å². The topological polar surface area (TPSA) is 58.0 Å². The molecule has 0 radical (unpaired) electrons. The molecule has 0 unspecified atom stereocenters. The van der Waals surface area contributed by atoms with Gasteiger partial charge in [0.15, 0.2) is 11.6 Å². The SMILES string of the molecule is CCc1ncnc(N(C)CC2CCN(c3cc(C4CC4)ncn3)CC2)c1F. The number of rotatable bonds is 6. The molecule has 4 rings (SSSR count). The van der Waals surface area contributed by atoms with Crippen LogP contribution in [-0.2, 0) is 6.42 Å². The lowest BCUT2D eigenvalue weighted by atomic mass is 9.96. The van der Waals surface area contributed by atoms with Crippen molar-refractivity contribution in [2.75, 3.05) is 36.5 Å². The third kappa shape index (κ3) is 4.01. The van der Waals surface area contributed by atoms with Gasteiger partial charge < -0.3 is 9.80 Å². The van der Waals surface area contributed by atoms with Crippen LogP contribution in [0.5, 0.6) is 0 Å². The molecule has 0 spiro atoms. The molecule has 2 aromatic rings. The van der Waals surface area contributed by atoms with Crippen LogP contribution >= 0.6 is 0 Å². The first kappa shape index (κ1) is 18.1. The Balaban J connectivity index is 1.35. The first-order chi connectivity index (χ1) is 13.2. The van der Waals surface area contributed by atoms with E-state index in [9.17, 15) is 4.39 Å². The molecule has 1 saturated carbocycles. The normalized spacial score (nSPS) is 18.0. The molecule has 1 saturated heterocycles. The molecule has 0 aromatic carbocycles. The van der Waals surface area contributed by atoms with Crippen LogP contribution in [0, 0.1) is 11.7 Å². The molecule has 1 aliphatic heterocycles. The van der Waals surface area contributed by atoms with Crippen molar-refractivity contribution in [3.8, 4) is 0 Å². The highest BCUT2D eigenvalue weighted by molar-refractivity contribution is 5.42. The summed E-state index contributed by atoms with van der Waals surface area (Å²) in [7, 11) is 1.92. The van der Waals surface area contributed by atoms with Crippen molar-refractivity contribution in [2.24, 2.45) is 5.92 Å². The van der Waals surface area contributed by atoms with Crippen molar-refractivity contribution in [1.82, 2.24) is 19.9 Å². The number of halogens is 1. The molecule has 7 heteroatoms. The molecule has 6 nitrogen and oxygen atoms in total. The molecule has 0 bridgehead atoms. The van der Waals surface area contributed by atoms with Gasteiger partial charge in [-0.1, -0.05) is 6.92 Å². The number of hydrogen-bond acceptors (Lipinski definition) is 6. The Hall–Kier alpha value is -2.31. The van der Waals surface area contributed by atoms with Gasteiger partial charge >= 0.3 is 0 Å². The number of aromatic nitrogens is 4. The minimum absolute atomic E-state index is 0.284. The molecule has 0 N–H and O–H groups in total. The predicted molar refractivity (Wildman–Crippen MR) is 104 cm³/mol. The van der Waals surface area contributed by atoms with Crippen LogP contribution in [0.15, 0.2) is 18.7 Å². The Bertz CT molecular complexity index is 786. The van der Waals surface area contributed by atoms with Crippen LogP contribution in [-0.4, -0.2) is 46.6 Å². The van der Waals surface area contributed by atoms with Crippen molar-refractivity contribution < 1.29 is 4.39 Å². The minimum atomic E-state index is -0.284. The Morgan fingerprint density at radius 1 is 1.07 bits per heavy atom. The zero-order chi connectivity index (χ0) is 18.8. The van der Waals surface area contributed by atoms with Gasteiger partial charge in [0.2, 0.25) is 0 Å². The number of aryl methyl sites for hydroxylation is 1. The first-order valence-electron chi connectivity index (χ1n) is 9.93. The Morgan fingerprint density at radius 3 is 2.52 bits per heavy atom. The monoisotopic (exact) mass is 370 g/mol. The highest BCUT2D eigenvalue weighted by Crippen LogP contribution is 2.39. The summed E-state index contributed by atoms with van der Waals surface area (Å²) in [6.45, 7) is 4.67. The molecule has 27 heavy (non-hydrogen) atoms. The Morgan fingerprint density at radius 2 is 1.81 bits per heavy atom. The molecule has 2 aromatic heterocycles. The van der Waals surface area contributed by atoms with Gasteiger partial charge in [-0.3, -0.25) is 0 Å². The fourth-order valence-corrected chi connectivity index (χ4v) is 3.86. The number of hydrogen-bond donors (Lipinski definition) is 0. The number of nitrogens with zero attached hydrogens (tertiary/aromatic N) is 6. The van der Waals surface area contributed by atoms with Crippen LogP contribution in [0.2, 0.25) is 0 Å². The Kier molecular flexibility index (Phi) is 5.18. The summed E-state index contributed by atoms with van der Waals surface area (Å²) >= 11 is 0. The third-order valence-corrected chi connectivity index (χ3v) is 5.68. The summed E-state index contributed by atoms with van der Waals surface area (Å²) in [6.07, 6.45) is 8.39. The fraction of sp³-hybridized carbons (Fsp3) is 0.600. The summed E-state index contributed by atoms with van der Waals surface area (Å²) in [6, 6.07) is 2.16. The zero-order valence-corrected chi connectivity index (χ0v) is 16.1. The van der Waals surface area contributed by atoms with Gasteiger partial charge in [0.1, 0.15) is 18.5 Å². The second-order valence-corrected chi connectivity index (χ2v) is 7.70. The number of piperidine rings is 1. The number of anilines is 2. The van der Waals surface area contributed by atoms with Crippen molar-refractivity contribution in [2.45, 2.75) is 44.9 Å². The average molecular weight is 370 g/mol. The van der Waals surface area contributed by atoms with Crippen molar-refractivity contribution >= 4 is 11.6 Å². The molecule has 2 fully saturated rings. The van der Waals surface area contributed by atoms with E-state index in [0.717, 1.165) is 38.3 Å². The lowest BCUT2D eigenvalue weighted by molar-refractivity contribution is 0.404. The van der Waals surface area contributed by atoms with Gasteiger partial charge in [-0.25, -0.2) is 24.3 Å². The molecule has 2 aliphatic rings. The van der Waals surface area contributed by atoms with Gasteiger partial charge in [-0.15, -0.1) is 0 Å². The van der Waals surface area contributed by atoms with Gasteiger partial charge in [-0.2, -0.15) is 0 Å². The molecule has 3 heterocycles. The second-order valence-electron chi connectivity index (χ2n) is 7.70. The molecular weight excluding hydrogens is 343 g/mol. The standard InChI is InChI=1S/C20H27FN6/c1-3-16-19(21)20(25-13-22-16)26(2)11-14-6-8-27(9-7-14)18-10-17(15-4-5-15)23-12-24-18/h10,12-15H,3-9,11H2,1-2H3. The minimum Gasteiger partial charge on any atom is -0.357 e. The molecule has 1 aliphatic carbocycles. The van der Waals surface area contributed by atoms with Gasteiger partial charge in [0, 0.05) is 44.4 Å². The maximum atomic E-state index is 14.5. The molecule has 0 amide bonds. The smallest absolute Gasteiger partial charge is 0.187 e. The van der Waals surface area contributed by atoms with Crippen molar-refractivity contribution in [3.05, 3.63) is 35.9 Å². The lowest BCUT2D eigenvalue weighted by Crippen LogP contribution is -2.38. The lowest BCUT2D eigenvalue weighted by Gasteiger charge is -2.35. The van der Waals surface area contributed by atoms with E-state index in [0.29, 0.717) is 29.8 Å². The van der Waals surface area contributed by atoms with Crippen LogP contribution < -0.4 is 9.80 Å². The van der Waals surface area contributed by atoms with E-state index >= 15 is 0 Å². The van der Waals surface area contributed by atoms with Crippen LogP contribution in [0.1, 0.15) is 49.9 Å². The van der Waals surface area contributed by atoms with Crippen LogP contribution in [0.25, 0.3) is 0 Å². The van der Waals surface area contributed by atoms with Crippen LogP contribution in [0.4, 0.5) is 16.0 Å². The highest BCUT2D eigenvalue weighted by atomic mass is 19.1. The zero-order valence-electron chi connectivity index (χ0n) is 16.1. The summed E-state index contributed by atoms with van der Waals surface area (Å²) in [4.78, 5) is 21.4. The van der Waals surface area contributed by atoms with E-state index in [1.54, 1.807) is 6.33 Å². The van der Waals surface area contributed by atoms with E-state index in [1.165, 1.54) is 24.9 Å². The summed E-state index contributed by atoms with van der Waals surface area (Å²) in [5.41, 5.74) is 1.67. The highest BCUT2D eigenvalue weighted by Gasteiger charge is 2.27. The van der Waals surface area contributed by atoms with Crippen molar-refractivity contribution in [1.29, 1.82) is 0 Å². The summed E-state index contributed by atoms with van der Waals surface area (Å²) in [5, 5.41) is 0.